The molecule has 1 N–H and O–H groups in total. The van der Waals surface area contributed by atoms with Crippen LogP contribution in [0.4, 0.5) is 74.7 Å². The van der Waals surface area contributed by atoms with Gasteiger partial charge in [0.2, 0.25) is 17.7 Å². The van der Waals surface area contributed by atoms with E-state index in [2.05, 4.69) is 40.1 Å². The van der Waals surface area contributed by atoms with E-state index >= 15 is 0 Å². The number of alkyl halides is 10. The zero-order valence-corrected chi connectivity index (χ0v) is 52.8. The van der Waals surface area contributed by atoms with Gasteiger partial charge in [-0.3, -0.25) is 4.79 Å². The van der Waals surface area contributed by atoms with Crippen LogP contribution in [0.1, 0.15) is 154 Å². The Bertz CT molecular complexity index is 3580. The van der Waals surface area contributed by atoms with Gasteiger partial charge in [-0.05, 0) is 102 Å². The number of carbonyl (C=O) groups is 5. The number of ether oxygens (including phenoxy) is 6. The fraction of sp³-hybridized carbons (Fsp3) is 0.545. The van der Waals surface area contributed by atoms with Crippen molar-refractivity contribution in [3.05, 3.63) is 60.4 Å². The van der Waals surface area contributed by atoms with Crippen LogP contribution in [-0.2, 0) is 36.1 Å². The van der Waals surface area contributed by atoms with E-state index in [0.29, 0.717) is 34.1 Å². The number of pyridine rings is 2. The van der Waals surface area contributed by atoms with Gasteiger partial charge >= 0.3 is 66.3 Å². The SMILES string of the molecule is C.CC(C)(C)OC(=O)N(C(=O)OC(C)(C)C)c1ncnc2c1c(Oc1cc(C(F)(F)F)ccn1)nn2C1CC(F)(F)CCC1=O.CC(C)(C)OC(=O)N(C(=O)OC(C)(C)C)c1ncnc2c1c(Oc1cc(C(F)(F)F)ccn1)nn2[C@@H]1CC(F)(F)CC[C@H]1O.[B].[H-].[Na+]. The predicted molar refractivity (Wildman–Crippen MR) is 299 cm³/mol. The Morgan fingerprint density at radius 3 is 1.32 bits per heavy atom. The van der Waals surface area contributed by atoms with Crippen molar-refractivity contribution >= 4 is 72.3 Å². The maximum Gasteiger partial charge on any atom is 1.00 e. The van der Waals surface area contributed by atoms with Gasteiger partial charge in [0, 0.05) is 65.0 Å². The Morgan fingerprint density at radius 2 is 0.945 bits per heavy atom. The van der Waals surface area contributed by atoms with Gasteiger partial charge in [0.25, 0.3) is 17.7 Å². The minimum absolute atomic E-state index is 0. The van der Waals surface area contributed by atoms with Gasteiger partial charge in [-0.2, -0.15) is 36.1 Å². The molecule has 36 heteroatoms. The maximum atomic E-state index is 14.5. The average Bonchev–Trinajstić information content (AvgIpc) is 1.58. The van der Waals surface area contributed by atoms with E-state index in [1.165, 1.54) is 83.1 Å². The van der Waals surface area contributed by atoms with Crippen LogP contribution in [0, 0.1) is 0 Å². The number of nitrogens with zero attached hydrogens (tertiary/aromatic N) is 12. The molecule has 0 bridgehead atoms. The fourth-order valence-corrected chi connectivity index (χ4v) is 8.53. The summed E-state index contributed by atoms with van der Waals surface area (Å²) in [5.74, 6) is -10.7. The summed E-state index contributed by atoms with van der Waals surface area (Å²) in [6.07, 6.45) is -16.4. The van der Waals surface area contributed by atoms with E-state index in [9.17, 15) is 73.0 Å². The van der Waals surface area contributed by atoms with Crippen molar-refractivity contribution in [1.29, 1.82) is 0 Å². The number of aliphatic hydroxyl groups is 1. The smallest absolute Gasteiger partial charge is 1.00 e. The van der Waals surface area contributed by atoms with E-state index in [0.717, 1.165) is 34.4 Å². The third-order valence-corrected chi connectivity index (χ3v) is 12.1. The molecule has 3 atom stereocenters. The molecule has 0 saturated heterocycles. The van der Waals surface area contributed by atoms with Crippen LogP contribution in [0.2, 0.25) is 0 Å². The Labute approximate surface area is 539 Å². The summed E-state index contributed by atoms with van der Waals surface area (Å²) < 4.78 is 173. The number of amides is 4. The van der Waals surface area contributed by atoms with Crippen LogP contribution < -0.4 is 48.8 Å². The molecular formula is C55H65BF10N12NaO12. The van der Waals surface area contributed by atoms with Gasteiger partial charge in [-0.25, -0.2) is 76.0 Å². The number of hydrogen-bond acceptors (Lipinski definition) is 20. The third kappa shape index (κ3) is 19.3. The van der Waals surface area contributed by atoms with Crippen LogP contribution in [-0.4, -0.2) is 133 Å². The fourth-order valence-electron chi connectivity index (χ4n) is 8.53. The van der Waals surface area contributed by atoms with Gasteiger partial charge in [0.05, 0.1) is 23.3 Å². The standard InChI is InChI=1S/C27H31F5N6O6.C27H29F5N6O6.CH4.B.Na.H/c2*1-24(2,3)43-22(40)37(23(41)44-25(4,5)6)19-18-20(35-13-34-19)38(15-12-26(28,29)9-7-16(15)39)36-21(18)42-17-11-14(8-10-33-17)27(30,31)32;;;;/h8,10-11,13,15-16,39H,7,9,12H2,1-6H3;8,10-11,13,15H,7,9,12H2,1-6H3;1H4;;;/q;;;;+1;-1/t15-,16-;;;;;/m1...../s1. The molecule has 8 rings (SSSR count). The first-order valence-electron chi connectivity index (χ1n) is 26.7. The number of Topliss-reactive ketones (excluding diaryl/α,β-unsaturated/α-hetero) is 1. The largest absolute Gasteiger partial charge is 1.00 e. The second kappa shape index (κ2) is 27.7. The molecule has 491 valence electrons. The number of rotatable bonds is 8. The van der Waals surface area contributed by atoms with Crippen molar-refractivity contribution in [2.45, 2.75) is 194 Å². The molecule has 2 aliphatic rings. The van der Waals surface area contributed by atoms with Crippen molar-refractivity contribution in [1.82, 2.24) is 49.5 Å². The monoisotopic (exact) mass is 1310 g/mol. The first-order valence-corrected chi connectivity index (χ1v) is 26.7. The number of hydrogen-bond donors (Lipinski definition) is 1. The average molecular weight is 1310 g/mol. The zero-order valence-electron chi connectivity index (χ0n) is 51.8. The molecule has 4 amide bonds. The molecule has 0 aliphatic heterocycles. The minimum atomic E-state index is -4.78. The van der Waals surface area contributed by atoms with Crippen LogP contribution in [0.5, 0.6) is 23.5 Å². The molecule has 2 saturated carbocycles. The van der Waals surface area contributed by atoms with Gasteiger partial charge in [-0.15, -0.1) is 10.2 Å². The molecule has 2 aliphatic carbocycles. The summed E-state index contributed by atoms with van der Waals surface area (Å²) in [6.45, 7) is 18.3. The molecule has 0 aromatic carbocycles. The molecule has 1 unspecified atom stereocenters. The Kier molecular flexibility index (Phi) is 23.1. The number of fused-ring (bicyclic) bond motifs is 2. The normalized spacial score (nSPS) is 17.6. The van der Waals surface area contributed by atoms with Crippen LogP contribution in [0.15, 0.2) is 49.3 Å². The summed E-state index contributed by atoms with van der Waals surface area (Å²) in [5.41, 5.74) is -7.37. The number of aromatic nitrogens is 10. The molecule has 6 heterocycles. The van der Waals surface area contributed by atoms with Gasteiger partial charge in [0.15, 0.2) is 28.7 Å². The van der Waals surface area contributed by atoms with E-state index in [1.807, 2.05) is 0 Å². The third-order valence-electron chi connectivity index (χ3n) is 12.1. The first kappa shape index (κ1) is 75.9. The molecular weight excluding hydrogens is 1240 g/mol. The summed E-state index contributed by atoms with van der Waals surface area (Å²) in [7, 11) is 0. The number of halogens is 10. The molecule has 91 heavy (non-hydrogen) atoms. The molecule has 0 spiro atoms. The Hall–Kier alpha value is -7.53. The second-order valence-corrected chi connectivity index (χ2v) is 24.1. The molecule has 24 nitrogen and oxygen atoms in total. The van der Waals surface area contributed by atoms with Gasteiger partial charge in [0.1, 0.15) is 51.9 Å². The zero-order chi connectivity index (χ0) is 65.7. The molecule has 6 aromatic heterocycles. The van der Waals surface area contributed by atoms with E-state index < -0.39 is 179 Å². The predicted octanol–water partition coefficient (Wildman–Crippen LogP) is 10.4. The first-order chi connectivity index (χ1) is 40.3. The van der Waals surface area contributed by atoms with E-state index in [1.54, 1.807) is 0 Å². The number of aliphatic hydroxyl groups excluding tert-OH is 1. The molecule has 2 fully saturated rings. The summed E-state index contributed by atoms with van der Waals surface area (Å²) in [4.78, 5) is 90.9. The number of ketones is 1. The van der Waals surface area contributed by atoms with Crippen molar-refractivity contribution < 1.29 is 132 Å². The van der Waals surface area contributed by atoms with Crippen molar-refractivity contribution in [3.63, 3.8) is 0 Å². The number of imide groups is 2. The topological polar surface area (TPSA) is 280 Å². The van der Waals surface area contributed by atoms with Gasteiger partial charge in [-0.1, -0.05) is 7.43 Å². The molecule has 3 radical (unpaired) electrons. The quantitative estimate of drug-likeness (QED) is 0.0842. The van der Waals surface area contributed by atoms with Gasteiger partial charge < -0.3 is 35.0 Å². The number of anilines is 2. The van der Waals surface area contributed by atoms with Crippen molar-refractivity contribution in [3.8, 4) is 23.5 Å². The summed E-state index contributed by atoms with van der Waals surface area (Å²) in [5, 5.41) is 18.2. The van der Waals surface area contributed by atoms with E-state index in [-0.39, 0.29) is 69.9 Å². The summed E-state index contributed by atoms with van der Waals surface area (Å²) >= 11 is 0. The van der Waals surface area contributed by atoms with E-state index in [4.69, 9.17) is 28.4 Å². The van der Waals surface area contributed by atoms with Crippen LogP contribution in [0.25, 0.3) is 22.1 Å². The van der Waals surface area contributed by atoms with Crippen LogP contribution >= 0.6 is 0 Å². The Morgan fingerprint density at radius 1 is 0.582 bits per heavy atom. The minimum Gasteiger partial charge on any atom is -1.00 e. The number of carbonyl (C=O) groups excluding carboxylic acids is 5. The Balaban J connectivity index is 0.000000460. The molecule has 6 aromatic rings. The van der Waals surface area contributed by atoms with Crippen LogP contribution in [0.3, 0.4) is 0 Å². The summed E-state index contributed by atoms with van der Waals surface area (Å²) in [6, 6.07) is -0.455. The van der Waals surface area contributed by atoms with Crippen molar-refractivity contribution in [2.24, 2.45) is 0 Å². The van der Waals surface area contributed by atoms with Crippen molar-refractivity contribution in [2.75, 3.05) is 9.80 Å². The second-order valence-electron chi connectivity index (χ2n) is 24.1. The maximum absolute atomic E-state index is 14.5.